The molecule has 0 atom stereocenters. The Morgan fingerprint density at radius 3 is 2.23 bits per heavy atom. The van der Waals surface area contributed by atoms with Gasteiger partial charge in [0.1, 0.15) is 0 Å². The number of nitrogens with zero attached hydrogens (tertiary/aromatic N) is 1. The van der Waals surface area contributed by atoms with Gasteiger partial charge in [-0.05, 0) is 32.5 Å². The van der Waals surface area contributed by atoms with Crippen LogP contribution in [-0.4, -0.2) is 36.9 Å². The SMILES string of the molecule is CCN1CCC(NC(F)(F)F)CC1. The standard InChI is InChI=1S/C8H15F3N2/c1-2-13-5-3-7(4-6-13)12-8(9,10)11/h7,12H,2-6H2,1H3. The van der Waals surface area contributed by atoms with Crippen LogP contribution in [0.25, 0.3) is 0 Å². The van der Waals surface area contributed by atoms with Crippen molar-refractivity contribution < 1.29 is 13.2 Å². The number of alkyl halides is 3. The van der Waals surface area contributed by atoms with Crippen molar-refractivity contribution in [3.05, 3.63) is 0 Å². The van der Waals surface area contributed by atoms with Gasteiger partial charge in [-0.2, -0.15) is 13.2 Å². The maximum absolute atomic E-state index is 11.9. The zero-order valence-corrected chi connectivity index (χ0v) is 7.69. The van der Waals surface area contributed by atoms with Crippen LogP contribution in [-0.2, 0) is 0 Å². The van der Waals surface area contributed by atoms with Crippen LogP contribution in [0.4, 0.5) is 13.2 Å². The minimum absolute atomic E-state index is 0.386. The Hall–Kier alpha value is -0.290. The van der Waals surface area contributed by atoms with E-state index >= 15 is 0 Å². The van der Waals surface area contributed by atoms with Gasteiger partial charge in [0, 0.05) is 6.04 Å². The van der Waals surface area contributed by atoms with Gasteiger partial charge in [-0.25, -0.2) is 5.32 Å². The van der Waals surface area contributed by atoms with E-state index in [1.165, 1.54) is 0 Å². The van der Waals surface area contributed by atoms with E-state index in [0.717, 1.165) is 19.6 Å². The van der Waals surface area contributed by atoms with Crippen molar-refractivity contribution in [2.45, 2.75) is 32.1 Å². The molecule has 1 saturated heterocycles. The van der Waals surface area contributed by atoms with E-state index < -0.39 is 6.30 Å². The molecule has 78 valence electrons. The number of halogens is 3. The number of hydrogen-bond acceptors (Lipinski definition) is 2. The Bertz CT molecular complexity index is 150. The first-order valence-corrected chi connectivity index (χ1v) is 4.58. The smallest absolute Gasteiger partial charge is 0.303 e. The fourth-order valence-corrected chi connectivity index (χ4v) is 1.62. The molecule has 1 aliphatic heterocycles. The van der Waals surface area contributed by atoms with E-state index in [1.54, 1.807) is 5.32 Å². The second-order valence-electron chi connectivity index (χ2n) is 3.35. The van der Waals surface area contributed by atoms with Gasteiger partial charge in [-0.3, -0.25) is 0 Å². The van der Waals surface area contributed by atoms with Crippen LogP contribution in [0.5, 0.6) is 0 Å². The van der Waals surface area contributed by atoms with Gasteiger partial charge in [-0.1, -0.05) is 6.92 Å². The number of hydrogen-bond donors (Lipinski definition) is 1. The molecule has 0 unspecified atom stereocenters. The summed E-state index contributed by atoms with van der Waals surface area (Å²) in [5, 5.41) is 1.68. The maximum atomic E-state index is 11.9. The molecular weight excluding hydrogens is 181 g/mol. The van der Waals surface area contributed by atoms with E-state index in [4.69, 9.17) is 0 Å². The van der Waals surface area contributed by atoms with Crippen LogP contribution in [0.2, 0.25) is 0 Å². The minimum Gasteiger partial charge on any atom is -0.303 e. The third kappa shape index (κ3) is 3.95. The molecular formula is C8H15F3N2. The molecule has 1 aliphatic rings. The molecule has 1 rings (SSSR count). The first kappa shape index (κ1) is 10.8. The van der Waals surface area contributed by atoms with Crippen molar-refractivity contribution in [1.82, 2.24) is 10.2 Å². The lowest BCUT2D eigenvalue weighted by atomic mass is 10.1. The highest BCUT2D eigenvalue weighted by Gasteiger charge is 2.32. The van der Waals surface area contributed by atoms with Crippen LogP contribution in [0, 0.1) is 0 Å². The number of likely N-dealkylation sites (tertiary alicyclic amines) is 1. The maximum Gasteiger partial charge on any atom is 0.457 e. The van der Waals surface area contributed by atoms with Crippen molar-refractivity contribution in [1.29, 1.82) is 0 Å². The Balaban J connectivity index is 2.25. The quantitative estimate of drug-likeness (QED) is 0.674. The summed E-state index contributed by atoms with van der Waals surface area (Å²) in [7, 11) is 0. The largest absolute Gasteiger partial charge is 0.457 e. The number of rotatable bonds is 2. The third-order valence-corrected chi connectivity index (χ3v) is 2.40. The zero-order chi connectivity index (χ0) is 9.90. The second-order valence-corrected chi connectivity index (χ2v) is 3.35. The van der Waals surface area contributed by atoms with Crippen LogP contribution in [0.15, 0.2) is 0 Å². The molecule has 1 N–H and O–H groups in total. The summed E-state index contributed by atoms with van der Waals surface area (Å²) >= 11 is 0. The lowest BCUT2D eigenvalue weighted by Gasteiger charge is -2.31. The molecule has 0 radical (unpaired) electrons. The second kappa shape index (κ2) is 4.28. The summed E-state index contributed by atoms with van der Waals surface area (Å²) in [6.45, 7) is 4.49. The van der Waals surface area contributed by atoms with Crippen molar-refractivity contribution >= 4 is 0 Å². The monoisotopic (exact) mass is 196 g/mol. The fourth-order valence-electron chi connectivity index (χ4n) is 1.62. The molecule has 0 aromatic rings. The molecule has 1 heterocycles. The van der Waals surface area contributed by atoms with Gasteiger partial charge in [-0.15, -0.1) is 0 Å². The van der Waals surface area contributed by atoms with Gasteiger partial charge in [0.2, 0.25) is 0 Å². The molecule has 5 heteroatoms. The summed E-state index contributed by atoms with van der Waals surface area (Å²) in [5.74, 6) is 0. The highest BCUT2D eigenvalue weighted by atomic mass is 19.4. The van der Waals surface area contributed by atoms with Crippen molar-refractivity contribution in [3.8, 4) is 0 Å². The van der Waals surface area contributed by atoms with Crippen molar-refractivity contribution in [2.75, 3.05) is 19.6 Å². The summed E-state index contributed by atoms with van der Waals surface area (Å²) in [6.07, 6.45) is -3.04. The molecule has 0 bridgehead atoms. The first-order chi connectivity index (χ1) is 6.01. The number of piperidine rings is 1. The minimum atomic E-state index is -4.22. The number of nitrogens with one attached hydrogen (secondary N) is 1. The van der Waals surface area contributed by atoms with Gasteiger partial charge < -0.3 is 4.90 Å². The summed E-state index contributed by atoms with van der Waals surface area (Å²) in [4.78, 5) is 2.16. The lowest BCUT2D eigenvalue weighted by molar-refractivity contribution is -0.166. The molecule has 0 aromatic heterocycles. The van der Waals surface area contributed by atoms with E-state index in [2.05, 4.69) is 4.90 Å². The van der Waals surface area contributed by atoms with E-state index in [-0.39, 0.29) is 6.04 Å². The molecule has 0 aromatic carbocycles. The summed E-state index contributed by atoms with van der Waals surface area (Å²) in [5.41, 5.74) is 0. The van der Waals surface area contributed by atoms with Crippen molar-refractivity contribution in [3.63, 3.8) is 0 Å². The zero-order valence-electron chi connectivity index (χ0n) is 7.69. The molecule has 0 amide bonds. The summed E-state index contributed by atoms with van der Waals surface area (Å²) < 4.78 is 35.7. The van der Waals surface area contributed by atoms with Crippen LogP contribution in [0.1, 0.15) is 19.8 Å². The summed E-state index contributed by atoms with van der Waals surface area (Å²) in [6, 6.07) is -0.386. The van der Waals surface area contributed by atoms with Crippen LogP contribution < -0.4 is 5.32 Å². The average molecular weight is 196 g/mol. The highest BCUT2D eigenvalue weighted by molar-refractivity contribution is 4.77. The van der Waals surface area contributed by atoms with Crippen LogP contribution in [0.3, 0.4) is 0 Å². The molecule has 0 aliphatic carbocycles. The first-order valence-electron chi connectivity index (χ1n) is 4.58. The predicted molar refractivity (Wildman–Crippen MR) is 44.3 cm³/mol. The highest BCUT2D eigenvalue weighted by Crippen LogP contribution is 2.17. The van der Waals surface area contributed by atoms with E-state index in [1.807, 2.05) is 6.92 Å². The Kier molecular flexibility index (Phi) is 3.55. The molecule has 0 saturated carbocycles. The topological polar surface area (TPSA) is 15.3 Å². The molecule has 0 spiro atoms. The van der Waals surface area contributed by atoms with E-state index in [9.17, 15) is 13.2 Å². The normalized spacial score (nSPS) is 22.2. The Morgan fingerprint density at radius 2 is 1.85 bits per heavy atom. The van der Waals surface area contributed by atoms with Gasteiger partial charge >= 0.3 is 6.30 Å². The molecule has 13 heavy (non-hydrogen) atoms. The molecule has 1 fully saturated rings. The van der Waals surface area contributed by atoms with Crippen LogP contribution >= 0.6 is 0 Å². The van der Waals surface area contributed by atoms with Gasteiger partial charge in [0.25, 0.3) is 0 Å². The van der Waals surface area contributed by atoms with E-state index in [0.29, 0.717) is 12.8 Å². The predicted octanol–water partition coefficient (Wildman–Crippen LogP) is 1.58. The Labute approximate surface area is 76.1 Å². The Morgan fingerprint density at radius 1 is 1.31 bits per heavy atom. The van der Waals surface area contributed by atoms with Crippen molar-refractivity contribution in [2.24, 2.45) is 0 Å². The van der Waals surface area contributed by atoms with Gasteiger partial charge in [0.15, 0.2) is 0 Å². The molecule has 2 nitrogen and oxygen atoms in total. The fraction of sp³-hybridized carbons (Fsp3) is 1.00. The van der Waals surface area contributed by atoms with Gasteiger partial charge in [0.05, 0.1) is 0 Å². The third-order valence-electron chi connectivity index (χ3n) is 2.40. The lowest BCUT2D eigenvalue weighted by Crippen LogP contribution is -2.47. The average Bonchev–Trinajstić information content (AvgIpc) is 2.03.